The van der Waals surface area contributed by atoms with Crippen molar-refractivity contribution >= 4 is 55.3 Å². The average molecular weight is 777 g/mol. The first kappa shape index (κ1) is 36.7. The van der Waals surface area contributed by atoms with Crippen LogP contribution in [0.15, 0.2) is 200 Å². The Morgan fingerprint density at radius 3 is 1.88 bits per heavy atom. The van der Waals surface area contributed by atoms with Crippen LogP contribution in [0.2, 0.25) is 0 Å². The molecule has 2 heterocycles. The van der Waals surface area contributed by atoms with E-state index in [9.17, 15) is 0 Å². The van der Waals surface area contributed by atoms with E-state index >= 15 is 0 Å². The summed E-state index contributed by atoms with van der Waals surface area (Å²) in [6.45, 7) is 6.70. The monoisotopic (exact) mass is 776 g/mol. The molecular formula is C55H44N4O. The van der Waals surface area contributed by atoms with Crippen LogP contribution in [0.1, 0.15) is 26.3 Å². The van der Waals surface area contributed by atoms with Crippen molar-refractivity contribution in [2.24, 2.45) is 0 Å². The fraction of sp³-hybridized carbons (Fsp3) is 0.0727. The Bertz CT molecular complexity index is 3100. The number of pyridine rings is 1. The van der Waals surface area contributed by atoms with Gasteiger partial charge < -0.3 is 15.4 Å². The zero-order valence-corrected chi connectivity index (χ0v) is 33.9. The van der Waals surface area contributed by atoms with Crippen LogP contribution in [-0.2, 0) is 5.41 Å². The van der Waals surface area contributed by atoms with Crippen molar-refractivity contribution in [2.45, 2.75) is 26.2 Å². The first-order valence-corrected chi connectivity index (χ1v) is 20.5. The normalized spacial score (nSPS) is 11.6. The van der Waals surface area contributed by atoms with E-state index in [1.54, 1.807) is 0 Å². The van der Waals surface area contributed by atoms with Crippen LogP contribution in [0.3, 0.4) is 0 Å². The predicted molar refractivity (Wildman–Crippen MR) is 252 cm³/mol. The van der Waals surface area contributed by atoms with E-state index < -0.39 is 0 Å². The summed E-state index contributed by atoms with van der Waals surface area (Å²) >= 11 is 0. The zero-order chi connectivity index (χ0) is 40.6. The molecule has 2 aromatic heterocycles. The van der Waals surface area contributed by atoms with E-state index in [0.29, 0.717) is 0 Å². The van der Waals surface area contributed by atoms with Crippen LogP contribution in [0, 0.1) is 0 Å². The highest BCUT2D eigenvalue weighted by atomic mass is 16.5. The van der Waals surface area contributed by atoms with Crippen molar-refractivity contribution in [3.8, 4) is 39.6 Å². The summed E-state index contributed by atoms with van der Waals surface area (Å²) in [7, 11) is 0. The summed E-state index contributed by atoms with van der Waals surface area (Å²) in [5, 5.41) is 12.3. The van der Waals surface area contributed by atoms with Crippen molar-refractivity contribution in [1.29, 1.82) is 0 Å². The van der Waals surface area contributed by atoms with Gasteiger partial charge in [-0.25, -0.2) is 4.98 Å². The second-order valence-corrected chi connectivity index (χ2v) is 16.2. The fourth-order valence-corrected chi connectivity index (χ4v) is 8.24. The number of nitrogens with zero attached hydrogens (tertiary/aromatic N) is 2. The number of nitrogens with one attached hydrogen (secondary N) is 2. The van der Waals surface area contributed by atoms with Crippen molar-refractivity contribution in [3.05, 3.63) is 206 Å². The first-order chi connectivity index (χ1) is 29.4. The first-order valence-electron chi connectivity index (χ1n) is 20.5. The molecule has 0 unspecified atom stereocenters. The third-order valence-electron chi connectivity index (χ3n) is 11.2. The van der Waals surface area contributed by atoms with Crippen molar-refractivity contribution in [2.75, 3.05) is 10.6 Å². The van der Waals surface area contributed by atoms with Crippen molar-refractivity contribution < 1.29 is 4.74 Å². The summed E-state index contributed by atoms with van der Waals surface area (Å²) in [6, 6.07) is 67.9. The van der Waals surface area contributed by atoms with Gasteiger partial charge in [-0.15, -0.1) is 0 Å². The van der Waals surface area contributed by atoms with Crippen molar-refractivity contribution in [1.82, 2.24) is 9.55 Å². The van der Waals surface area contributed by atoms with Gasteiger partial charge in [-0.1, -0.05) is 154 Å². The SMILES string of the molecule is CC(C)(C)c1ccnc(-n2c3ccccc3c3ccc(Oc4cccc(Nc5ccc6ccccc6c5Nc5c(-c6ccccc6)cccc5-c5ccccc5)c4)cc32)c1. The van der Waals surface area contributed by atoms with Gasteiger partial charge in [0, 0.05) is 51.3 Å². The number of rotatable bonds is 9. The molecule has 0 amide bonds. The Morgan fingerprint density at radius 2 is 1.13 bits per heavy atom. The molecule has 0 radical (unpaired) electrons. The number of aromatic nitrogens is 2. The number of ether oxygens (including phenoxy) is 1. The highest BCUT2D eigenvalue weighted by molar-refractivity contribution is 6.09. The van der Waals surface area contributed by atoms with Gasteiger partial charge in [0.15, 0.2) is 0 Å². The number of fused-ring (bicyclic) bond motifs is 4. The maximum absolute atomic E-state index is 6.67. The molecular weight excluding hydrogens is 733 g/mol. The summed E-state index contributed by atoms with van der Waals surface area (Å²) in [5.74, 6) is 2.36. The van der Waals surface area contributed by atoms with Gasteiger partial charge in [0.2, 0.25) is 0 Å². The topological polar surface area (TPSA) is 51.1 Å². The Hall–Kier alpha value is -7.63. The molecule has 8 aromatic carbocycles. The van der Waals surface area contributed by atoms with Gasteiger partial charge in [-0.2, -0.15) is 0 Å². The molecule has 5 nitrogen and oxygen atoms in total. The molecule has 10 aromatic rings. The Kier molecular flexibility index (Phi) is 9.34. The average Bonchev–Trinajstić information content (AvgIpc) is 3.61. The highest BCUT2D eigenvalue weighted by Gasteiger charge is 2.19. The van der Waals surface area contributed by atoms with Crippen LogP contribution in [0.4, 0.5) is 22.7 Å². The Morgan fingerprint density at radius 1 is 0.483 bits per heavy atom. The van der Waals surface area contributed by atoms with Gasteiger partial charge in [0.1, 0.15) is 17.3 Å². The molecule has 0 aliphatic heterocycles. The molecule has 0 fully saturated rings. The molecule has 290 valence electrons. The molecule has 0 aliphatic rings. The molecule has 0 saturated heterocycles. The summed E-state index contributed by atoms with van der Waals surface area (Å²) in [5.41, 5.74) is 11.8. The molecule has 10 rings (SSSR count). The second-order valence-electron chi connectivity index (χ2n) is 16.2. The summed E-state index contributed by atoms with van der Waals surface area (Å²) < 4.78 is 8.91. The van der Waals surface area contributed by atoms with Crippen LogP contribution in [0.5, 0.6) is 11.5 Å². The van der Waals surface area contributed by atoms with E-state index in [4.69, 9.17) is 9.72 Å². The zero-order valence-electron chi connectivity index (χ0n) is 33.9. The smallest absolute Gasteiger partial charge is 0.137 e. The lowest BCUT2D eigenvalue weighted by atomic mass is 9.88. The van der Waals surface area contributed by atoms with E-state index in [1.807, 2.05) is 18.3 Å². The van der Waals surface area contributed by atoms with E-state index in [1.165, 1.54) is 10.9 Å². The summed E-state index contributed by atoms with van der Waals surface area (Å²) in [6.07, 6.45) is 1.91. The number of para-hydroxylation sites is 2. The Balaban J connectivity index is 1.02. The van der Waals surface area contributed by atoms with Crippen LogP contribution >= 0.6 is 0 Å². The molecule has 0 atom stereocenters. The molecule has 5 heteroatoms. The number of hydrogen-bond donors (Lipinski definition) is 2. The lowest BCUT2D eigenvalue weighted by Gasteiger charge is -2.22. The molecule has 0 saturated carbocycles. The largest absolute Gasteiger partial charge is 0.457 e. The molecule has 0 bridgehead atoms. The van der Waals surface area contributed by atoms with Gasteiger partial charge in [-0.05, 0) is 76.0 Å². The second kappa shape index (κ2) is 15.3. The number of hydrogen-bond acceptors (Lipinski definition) is 4. The molecule has 0 spiro atoms. The quantitative estimate of drug-likeness (QED) is 0.153. The van der Waals surface area contributed by atoms with Crippen LogP contribution < -0.4 is 15.4 Å². The summed E-state index contributed by atoms with van der Waals surface area (Å²) in [4.78, 5) is 4.86. The van der Waals surface area contributed by atoms with E-state index in [-0.39, 0.29) is 5.41 Å². The third-order valence-corrected chi connectivity index (χ3v) is 11.2. The van der Waals surface area contributed by atoms with Gasteiger partial charge in [-0.3, -0.25) is 4.57 Å². The molecule has 2 N–H and O–H groups in total. The molecule has 0 aliphatic carbocycles. The maximum atomic E-state index is 6.67. The van der Waals surface area contributed by atoms with E-state index in [2.05, 4.69) is 218 Å². The van der Waals surface area contributed by atoms with Gasteiger partial charge in [0.05, 0.1) is 28.1 Å². The molecule has 60 heavy (non-hydrogen) atoms. The minimum Gasteiger partial charge on any atom is -0.457 e. The maximum Gasteiger partial charge on any atom is 0.137 e. The lowest BCUT2D eigenvalue weighted by molar-refractivity contribution is 0.483. The fourth-order valence-electron chi connectivity index (χ4n) is 8.24. The number of benzene rings is 8. The van der Waals surface area contributed by atoms with Gasteiger partial charge >= 0.3 is 0 Å². The lowest BCUT2D eigenvalue weighted by Crippen LogP contribution is -2.12. The Labute approximate surface area is 350 Å². The minimum atomic E-state index is -0.00873. The standard InChI is InChI=1S/C55H44N4O/c1-55(2,3)40-32-33-56-52(34-40)59-50-27-13-12-24-47(50)48-30-29-43(36-51(48)59)60-42-22-14-21-41(35-42)57-49-31-28-39-20-10-11-23-46(39)54(49)58-53-44(37-16-6-4-7-17-37)25-15-26-45(53)38-18-8-5-9-19-38/h4-36,57-58H,1-3H3. The third kappa shape index (κ3) is 7.01. The van der Waals surface area contributed by atoms with Crippen molar-refractivity contribution in [3.63, 3.8) is 0 Å². The van der Waals surface area contributed by atoms with Crippen LogP contribution in [-0.4, -0.2) is 9.55 Å². The minimum absolute atomic E-state index is 0.00873. The number of anilines is 4. The predicted octanol–water partition coefficient (Wildman–Crippen LogP) is 15.2. The van der Waals surface area contributed by atoms with Gasteiger partial charge in [0.25, 0.3) is 0 Å². The van der Waals surface area contributed by atoms with E-state index in [0.717, 1.165) is 89.5 Å². The highest BCUT2D eigenvalue weighted by Crippen LogP contribution is 2.43. The van der Waals surface area contributed by atoms with Crippen LogP contribution in [0.25, 0.3) is 60.6 Å².